The molecule has 2 heterocycles. The molecule has 2 N–H and O–H groups in total. The Balaban J connectivity index is 1.57. The van der Waals surface area contributed by atoms with Gasteiger partial charge in [-0.25, -0.2) is 4.98 Å². The third-order valence-corrected chi connectivity index (χ3v) is 4.27. The number of aryl methyl sites for hydroxylation is 1. The summed E-state index contributed by atoms with van der Waals surface area (Å²) in [5, 5.41) is 3.66. The molecular formula is C16H20BrN3O. The third kappa shape index (κ3) is 3.86. The first-order chi connectivity index (χ1) is 10.3. The van der Waals surface area contributed by atoms with Crippen LogP contribution in [0.1, 0.15) is 36.7 Å². The van der Waals surface area contributed by atoms with Gasteiger partial charge in [0.15, 0.2) is 0 Å². The Morgan fingerprint density at radius 2 is 2.38 bits per heavy atom. The van der Waals surface area contributed by atoms with E-state index in [2.05, 4.69) is 49.4 Å². The van der Waals surface area contributed by atoms with Crippen molar-refractivity contribution in [2.24, 2.45) is 0 Å². The van der Waals surface area contributed by atoms with Gasteiger partial charge < -0.3 is 15.0 Å². The Morgan fingerprint density at radius 1 is 1.43 bits per heavy atom. The first kappa shape index (κ1) is 14.6. The zero-order valence-electron chi connectivity index (χ0n) is 11.9. The molecule has 0 bridgehead atoms. The number of aromatic nitrogens is 2. The van der Waals surface area contributed by atoms with Gasteiger partial charge in [0.25, 0.3) is 0 Å². The second-order valence-electron chi connectivity index (χ2n) is 5.32. The lowest BCUT2D eigenvalue weighted by Crippen LogP contribution is -2.22. The zero-order chi connectivity index (χ0) is 14.5. The number of ether oxygens (including phenoxy) is 1. The van der Waals surface area contributed by atoms with Crippen LogP contribution in [0.2, 0.25) is 0 Å². The van der Waals surface area contributed by atoms with Crippen LogP contribution < -0.4 is 10.1 Å². The summed E-state index contributed by atoms with van der Waals surface area (Å²) in [4.78, 5) is 7.40. The highest BCUT2D eigenvalue weighted by atomic mass is 79.9. The summed E-state index contributed by atoms with van der Waals surface area (Å²) < 4.78 is 6.91. The highest BCUT2D eigenvalue weighted by Gasteiger charge is 2.19. The number of nitrogens with zero attached hydrogens (tertiary/aromatic N) is 1. The van der Waals surface area contributed by atoms with Gasteiger partial charge in [-0.15, -0.1) is 0 Å². The number of halogens is 1. The first-order valence-electron chi connectivity index (χ1n) is 7.47. The molecule has 0 aliphatic carbocycles. The molecule has 1 aliphatic heterocycles. The van der Waals surface area contributed by atoms with Crippen molar-refractivity contribution in [1.29, 1.82) is 0 Å². The molecule has 1 aliphatic rings. The monoisotopic (exact) mass is 349 g/mol. The molecule has 112 valence electrons. The van der Waals surface area contributed by atoms with Crippen LogP contribution in [0.25, 0.3) is 0 Å². The van der Waals surface area contributed by atoms with Gasteiger partial charge in [-0.2, -0.15) is 0 Å². The minimum absolute atomic E-state index is 0.382. The van der Waals surface area contributed by atoms with Crippen LogP contribution in [0.5, 0.6) is 5.75 Å². The van der Waals surface area contributed by atoms with Crippen LogP contribution in [0.3, 0.4) is 0 Å². The second-order valence-corrected chi connectivity index (χ2v) is 6.23. The van der Waals surface area contributed by atoms with E-state index in [-0.39, 0.29) is 0 Å². The largest absolute Gasteiger partial charge is 0.493 e. The summed E-state index contributed by atoms with van der Waals surface area (Å²) >= 11 is 3.51. The quantitative estimate of drug-likeness (QED) is 0.810. The van der Waals surface area contributed by atoms with E-state index in [4.69, 9.17) is 4.74 Å². The number of imidazole rings is 1. The Kier molecular flexibility index (Phi) is 4.93. The van der Waals surface area contributed by atoms with Crippen molar-refractivity contribution >= 4 is 15.9 Å². The fourth-order valence-corrected chi connectivity index (χ4v) is 3.07. The van der Waals surface area contributed by atoms with Gasteiger partial charge in [-0.05, 0) is 37.9 Å². The number of rotatable bonds is 5. The lowest BCUT2D eigenvalue weighted by Gasteiger charge is -2.18. The van der Waals surface area contributed by atoms with Crippen LogP contribution in [0, 0.1) is 0 Å². The molecule has 5 heteroatoms. The first-order valence-corrected chi connectivity index (χ1v) is 8.26. The number of hydrogen-bond donors (Lipinski definition) is 2. The van der Waals surface area contributed by atoms with Crippen molar-refractivity contribution in [3.05, 3.63) is 46.5 Å². The summed E-state index contributed by atoms with van der Waals surface area (Å²) in [5.41, 5.74) is 1.27. The van der Waals surface area contributed by atoms with E-state index in [9.17, 15) is 0 Å². The van der Waals surface area contributed by atoms with E-state index < -0.39 is 0 Å². The van der Waals surface area contributed by atoms with Gasteiger partial charge in [-0.3, -0.25) is 0 Å². The van der Waals surface area contributed by atoms with Crippen LogP contribution in [0.4, 0.5) is 0 Å². The number of benzene rings is 1. The zero-order valence-corrected chi connectivity index (χ0v) is 13.5. The maximum atomic E-state index is 5.84. The van der Waals surface area contributed by atoms with E-state index in [0.717, 1.165) is 54.9 Å². The molecule has 0 saturated heterocycles. The summed E-state index contributed by atoms with van der Waals surface area (Å²) in [6, 6.07) is 6.70. The fraction of sp³-hybridized carbons (Fsp3) is 0.438. The molecule has 0 saturated carbocycles. The van der Waals surface area contributed by atoms with Crippen molar-refractivity contribution in [2.45, 2.75) is 31.7 Å². The average Bonchev–Trinajstić information content (AvgIpc) is 2.92. The van der Waals surface area contributed by atoms with Crippen LogP contribution in [-0.2, 0) is 6.42 Å². The second kappa shape index (κ2) is 7.09. The van der Waals surface area contributed by atoms with Crippen molar-refractivity contribution < 1.29 is 4.74 Å². The molecule has 0 radical (unpaired) electrons. The summed E-state index contributed by atoms with van der Waals surface area (Å²) in [6.45, 7) is 1.79. The number of fused-ring (bicyclic) bond motifs is 1. The van der Waals surface area contributed by atoms with E-state index >= 15 is 0 Å². The summed E-state index contributed by atoms with van der Waals surface area (Å²) in [6.07, 6.45) is 7.95. The SMILES string of the molecule is Brc1ccc2c(c1)OCCCC2NCCCc1ncc[nH]1. The van der Waals surface area contributed by atoms with Gasteiger partial charge in [-0.1, -0.05) is 22.0 Å². The topological polar surface area (TPSA) is 49.9 Å². The molecule has 0 amide bonds. The van der Waals surface area contributed by atoms with Crippen molar-refractivity contribution in [2.75, 3.05) is 13.2 Å². The van der Waals surface area contributed by atoms with Crippen LogP contribution in [0.15, 0.2) is 35.1 Å². The maximum absolute atomic E-state index is 5.84. The molecular weight excluding hydrogens is 330 g/mol. The molecule has 1 atom stereocenters. The smallest absolute Gasteiger partial charge is 0.125 e. The highest BCUT2D eigenvalue weighted by molar-refractivity contribution is 9.10. The number of H-pyrrole nitrogens is 1. The molecule has 2 aromatic rings. The standard InChI is InChI=1S/C16H20BrN3O/c17-12-5-6-13-14(3-2-10-21-15(13)11-12)18-7-1-4-16-19-8-9-20-16/h5-6,8-9,11,14,18H,1-4,7,10H2,(H,19,20). The Hall–Kier alpha value is -1.33. The van der Waals surface area contributed by atoms with Gasteiger partial charge in [0, 0.05) is 34.9 Å². The highest BCUT2D eigenvalue weighted by Crippen LogP contribution is 2.33. The molecule has 1 aromatic carbocycles. The Morgan fingerprint density at radius 3 is 3.24 bits per heavy atom. The minimum Gasteiger partial charge on any atom is -0.493 e. The van der Waals surface area contributed by atoms with Crippen molar-refractivity contribution in [3.63, 3.8) is 0 Å². The fourth-order valence-electron chi connectivity index (χ4n) is 2.72. The molecule has 0 spiro atoms. The lowest BCUT2D eigenvalue weighted by atomic mass is 10.0. The lowest BCUT2D eigenvalue weighted by molar-refractivity contribution is 0.315. The predicted octanol–water partition coefficient (Wildman–Crippen LogP) is 3.61. The van der Waals surface area contributed by atoms with Gasteiger partial charge in [0.2, 0.25) is 0 Å². The van der Waals surface area contributed by atoms with Crippen molar-refractivity contribution in [1.82, 2.24) is 15.3 Å². The maximum Gasteiger partial charge on any atom is 0.125 e. The molecule has 1 unspecified atom stereocenters. The normalized spacial score (nSPS) is 17.9. The minimum atomic E-state index is 0.382. The van der Waals surface area contributed by atoms with Crippen molar-refractivity contribution in [3.8, 4) is 5.75 Å². The molecule has 3 rings (SSSR count). The molecule has 21 heavy (non-hydrogen) atoms. The van der Waals surface area contributed by atoms with E-state index in [0.29, 0.717) is 6.04 Å². The third-order valence-electron chi connectivity index (χ3n) is 3.78. The van der Waals surface area contributed by atoms with Gasteiger partial charge >= 0.3 is 0 Å². The number of aromatic amines is 1. The molecule has 1 aromatic heterocycles. The Labute approximate surface area is 133 Å². The molecule has 0 fully saturated rings. The van der Waals surface area contributed by atoms with Crippen LogP contribution >= 0.6 is 15.9 Å². The van der Waals surface area contributed by atoms with Gasteiger partial charge in [0.05, 0.1) is 6.61 Å². The number of nitrogens with one attached hydrogen (secondary N) is 2. The van der Waals surface area contributed by atoms with E-state index in [1.165, 1.54) is 5.56 Å². The van der Waals surface area contributed by atoms with Gasteiger partial charge in [0.1, 0.15) is 11.6 Å². The van der Waals surface area contributed by atoms with E-state index in [1.807, 2.05) is 6.20 Å². The van der Waals surface area contributed by atoms with E-state index in [1.54, 1.807) is 6.20 Å². The summed E-state index contributed by atoms with van der Waals surface area (Å²) in [5.74, 6) is 2.07. The summed E-state index contributed by atoms with van der Waals surface area (Å²) in [7, 11) is 0. The average molecular weight is 350 g/mol. The van der Waals surface area contributed by atoms with Crippen LogP contribution in [-0.4, -0.2) is 23.1 Å². The Bertz CT molecular complexity index is 571. The molecule has 4 nitrogen and oxygen atoms in total. The predicted molar refractivity (Wildman–Crippen MR) is 86.5 cm³/mol. The number of hydrogen-bond acceptors (Lipinski definition) is 3.